The van der Waals surface area contributed by atoms with Crippen LogP contribution in [-0.4, -0.2) is 42.8 Å². The molecule has 6 N–H and O–H groups in total. The molecule has 0 radical (unpaired) electrons. The van der Waals surface area contributed by atoms with Crippen molar-refractivity contribution in [3.05, 3.63) is 0 Å². The quantitative estimate of drug-likeness (QED) is 0.334. The second-order valence-corrected chi connectivity index (χ2v) is 5.53. The Bertz CT molecular complexity index is 220. The maximum absolute atomic E-state index is 10.9. The first kappa shape index (κ1) is 17.9. The zero-order valence-corrected chi connectivity index (χ0v) is 11.1. The maximum Gasteiger partial charge on any atom is 0.373 e. The molecule has 0 rings (SSSR count). The minimum Gasteiger partial charge on any atom is -0.465 e. The predicted octanol–water partition coefficient (Wildman–Crippen LogP) is -1.80. The smallest absolute Gasteiger partial charge is 0.373 e. The summed E-state index contributed by atoms with van der Waals surface area (Å²) in [5.74, 6) is 1.46. The van der Waals surface area contributed by atoms with Gasteiger partial charge < -0.3 is 16.2 Å². The van der Waals surface area contributed by atoms with Crippen LogP contribution in [0.4, 0.5) is 0 Å². The molecule has 8 heteroatoms. The fraction of sp³-hybridized carbons (Fsp3) is 0.750. The average molecular weight is 270 g/mol. The van der Waals surface area contributed by atoms with Gasteiger partial charge in [-0.2, -0.15) is 9.59 Å². The summed E-state index contributed by atoms with van der Waals surface area (Å²) in [6.45, 7) is 2.07. The minimum absolute atomic E-state index is 0.240. The molecular weight excluding hydrogens is 252 g/mol. The molecule has 6 nitrogen and oxygen atoms in total. The second kappa shape index (κ2) is 12.5. The fourth-order valence-electron chi connectivity index (χ4n) is 0.529. The molecule has 0 aliphatic heterocycles. The lowest BCUT2D eigenvalue weighted by atomic mass is 10.4. The van der Waals surface area contributed by atoms with Gasteiger partial charge in [0.25, 0.3) is 0 Å². The van der Waals surface area contributed by atoms with Crippen LogP contribution in [0.2, 0.25) is 0 Å². The first-order valence-electron chi connectivity index (χ1n) is 4.47. The molecule has 0 heterocycles. The third kappa shape index (κ3) is 13.5. The number of hydrogen-bond acceptors (Lipinski definition) is 6. The van der Waals surface area contributed by atoms with Crippen molar-refractivity contribution in [3.8, 4) is 0 Å². The molecule has 16 heavy (non-hydrogen) atoms. The van der Waals surface area contributed by atoms with Gasteiger partial charge in [0.05, 0.1) is 24.7 Å². The van der Waals surface area contributed by atoms with Gasteiger partial charge in [0.15, 0.2) is 6.04 Å². The Morgan fingerprint density at radius 2 is 1.75 bits per heavy atom. The standard InChI is InChI=1S/C7H16N2O2S2.CO2/c1-5(8)3-12-13-4-6(9)7(10)11-2;2-1-3/h5-6H,3-4,8-9H2,1-2H3;/p+2. The Hall–Kier alpha value is -0.530. The van der Waals surface area contributed by atoms with E-state index in [1.165, 1.54) is 7.11 Å². The molecule has 0 aromatic heterocycles. The molecule has 0 saturated carbocycles. The van der Waals surface area contributed by atoms with Crippen molar-refractivity contribution < 1.29 is 30.6 Å². The van der Waals surface area contributed by atoms with Gasteiger partial charge in [-0.05, 0) is 6.92 Å². The first-order chi connectivity index (χ1) is 7.49. The zero-order valence-electron chi connectivity index (χ0n) is 9.43. The van der Waals surface area contributed by atoms with Gasteiger partial charge in [0.2, 0.25) is 0 Å². The Balaban J connectivity index is 0. The van der Waals surface area contributed by atoms with Gasteiger partial charge in [-0.1, -0.05) is 21.6 Å². The number of carbonyl (C=O) groups excluding carboxylic acids is 3. The van der Waals surface area contributed by atoms with Crippen LogP contribution in [0, 0.1) is 0 Å². The molecule has 0 aliphatic carbocycles. The van der Waals surface area contributed by atoms with Crippen LogP contribution in [0.1, 0.15) is 6.92 Å². The van der Waals surface area contributed by atoms with E-state index in [1.807, 2.05) is 0 Å². The van der Waals surface area contributed by atoms with Crippen molar-refractivity contribution in [2.24, 2.45) is 0 Å². The van der Waals surface area contributed by atoms with E-state index < -0.39 is 0 Å². The number of esters is 1. The monoisotopic (exact) mass is 270 g/mol. The lowest BCUT2D eigenvalue weighted by Crippen LogP contribution is -2.66. The van der Waals surface area contributed by atoms with Crippen molar-refractivity contribution in [1.29, 1.82) is 0 Å². The summed E-state index contributed by atoms with van der Waals surface area (Å²) in [7, 11) is 4.76. The van der Waals surface area contributed by atoms with Gasteiger partial charge >= 0.3 is 12.1 Å². The van der Waals surface area contributed by atoms with E-state index in [0.29, 0.717) is 11.8 Å². The van der Waals surface area contributed by atoms with Crippen LogP contribution < -0.4 is 11.5 Å². The van der Waals surface area contributed by atoms with Crippen molar-refractivity contribution in [3.63, 3.8) is 0 Å². The highest BCUT2D eigenvalue weighted by Gasteiger charge is 2.17. The summed E-state index contributed by atoms with van der Waals surface area (Å²) >= 11 is 0. The van der Waals surface area contributed by atoms with Crippen LogP contribution in [0.3, 0.4) is 0 Å². The fourth-order valence-corrected chi connectivity index (χ4v) is 3.02. The lowest BCUT2D eigenvalue weighted by Gasteiger charge is -2.05. The Kier molecular flexibility index (Phi) is 14.0. The van der Waals surface area contributed by atoms with E-state index in [9.17, 15) is 4.79 Å². The molecule has 94 valence electrons. The van der Waals surface area contributed by atoms with Crippen LogP contribution in [0.5, 0.6) is 0 Å². The van der Waals surface area contributed by atoms with Crippen molar-refractivity contribution in [2.45, 2.75) is 19.0 Å². The SMILES string of the molecule is COC(=O)C([NH3+])CSSCC(C)[NH3+].O=C=O. The topological polar surface area (TPSA) is 116 Å². The number of rotatable bonds is 6. The molecule has 0 fully saturated rings. The first-order valence-corrected chi connectivity index (χ1v) is 6.96. The van der Waals surface area contributed by atoms with E-state index >= 15 is 0 Å². The summed E-state index contributed by atoms with van der Waals surface area (Å²) in [5.41, 5.74) is 7.57. The third-order valence-corrected chi connectivity index (χ3v) is 3.97. The van der Waals surface area contributed by atoms with Crippen molar-refractivity contribution >= 4 is 33.7 Å². The van der Waals surface area contributed by atoms with Gasteiger partial charge in [-0.15, -0.1) is 0 Å². The number of hydrogen-bond donors (Lipinski definition) is 2. The van der Waals surface area contributed by atoms with E-state index in [4.69, 9.17) is 9.59 Å². The van der Waals surface area contributed by atoms with Crippen molar-refractivity contribution in [1.82, 2.24) is 0 Å². The maximum atomic E-state index is 10.9. The molecule has 0 aromatic carbocycles. The summed E-state index contributed by atoms with van der Waals surface area (Å²) in [5, 5.41) is 0. The Morgan fingerprint density at radius 1 is 1.31 bits per heavy atom. The lowest BCUT2D eigenvalue weighted by molar-refractivity contribution is -0.406. The summed E-state index contributed by atoms with van der Waals surface area (Å²) in [4.78, 5) is 27.2. The summed E-state index contributed by atoms with van der Waals surface area (Å²) in [6, 6.07) is 0.182. The molecule has 2 unspecified atom stereocenters. The molecule has 0 saturated heterocycles. The van der Waals surface area contributed by atoms with E-state index in [2.05, 4.69) is 23.1 Å². The molecule has 0 amide bonds. The van der Waals surface area contributed by atoms with E-state index in [-0.39, 0.29) is 18.2 Å². The largest absolute Gasteiger partial charge is 0.465 e. The number of methoxy groups -OCH3 is 1. The van der Waals surface area contributed by atoms with Crippen LogP contribution in [-0.2, 0) is 19.1 Å². The van der Waals surface area contributed by atoms with Gasteiger partial charge in [-0.3, -0.25) is 0 Å². The van der Waals surface area contributed by atoms with E-state index in [1.54, 1.807) is 21.6 Å². The predicted molar refractivity (Wildman–Crippen MR) is 61.0 cm³/mol. The highest BCUT2D eigenvalue weighted by atomic mass is 33.1. The zero-order chi connectivity index (χ0) is 13.0. The third-order valence-electron chi connectivity index (χ3n) is 1.24. The van der Waals surface area contributed by atoms with Crippen LogP contribution >= 0.6 is 21.6 Å². The van der Waals surface area contributed by atoms with Gasteiger partial charge in [0, 0.05) is 0 Å². The molecule has 0 bridgehead atoms. The molecule has 2 atom stereocenters. The molecule has 0 aromatic rings. The Morgan fingerprint density at radius 3 is 2.12 bits per heavy atom. The van der Waals surface area contributed by atoms with Gasteiger partial charge in [-0.25, -0.2) is 4.79 Å². The minimum atomic E-state index is -0.261. The summed E-state index contributed by atoms with van der Waals surface area (Å²) in [6.07, 6.45) is 0.250. The molecular formula is C8H18N2O4S2+2. The number of ether oxygens (including phenoxy) is 1. The van der Waals surface area contributed by atoms with Crippen molar-refractivity contribution in [2.75, 3.05) is 18.6 Å². The average Bonchev–Trinajstić information content (AvgIpc) is 2.23. The number of carbonyl (C=O) groups is 1. The van der Waals surface area contributed by atoms with Crippen LogP contribution in [0.25, 0.3) is 0 Å². The Labute approximate surface area is 102 Å². The normalized spacial score (nSPS) is 12.8. The highest BCUT2D eigenvalue weighted by Crippen LogP contribution is 2.21. The van der Waals surface area contributed by atoms with Crippen LogP contribution in [0.15, 0.2) is 0 Å². The van der Waals surface area contributed by atoms with E-state index in [0.717, 1.165) is 5.75 Å². The highest BCUT2D eigenvalue weighted by molar-refractivity contribution is 8.76. The second-order valence-electron chi connectivity index (χ2n) is 2.98. The summed E-state index contributed by atoms with van der Waals surface area (Å²) < 4.78 is 4.55. The number of quaternary nitrogens is 2. The van der Waals surface area contributed by atoms with Gasteiger partial charge in [0.1, 0.15) is 0 Å². The molecule has 0 aliphatic rings. The molecule has 0 spiro atoms.